The van der Waals surface area contributed by atoms with E-state index in [2.05, 4.69) is 15.3 Å². The average molecular weight is 432 g/mol. The Kier molecular flexibility index (Phi) is 5.75. The number of nitrogens with one attached hydrogen (secondary N) is 1. The normalized spacial score (nSPS) is 17.0. The van der Waals surface area contributed by atoms with E-state index in [0.29, 0.717) is 42.5 Å². The number of fused-ring (bicyclic) bond motifs is 1. The zero-order valence-corrected chi connectivity index (χ0v) is 16.3. The summed E-state index contributed by atoms with van der Waals surface area (Å²) in [7, 11) is 0. The van der Waals surface area contributed by atoms with Crippen molar-refractivity contribution in [2.75, 3.05) is 26.2 Å². The Morgan fingerprint density at radius 3 is 2.77 bits per heavy atom. The number of aliphatic hydroxyl groups excluding tert-OH is 1. The van der Waals surface area contributed by atoms with Crippen LogP contribution in [0, 0.1) is 0 Å². The van der Waals surface area contributed by atoms with Crippen molar-refractivity contribution in [3.8, 4) is 11.6 Å². The molecule has 1 aliphatic rings. The van der Waals surface area contributed by atoms with Gasteiger partial charge in [-0.25, -0.2) is 9.97 Å². The van der Waals surface area contributed by atoms with Crippen LogP contribution in [0.1, 0.15) is 16.1 Å². The quantitative estimate of drug-likeness (QED) is 0.659. The third kappa shape index (κ3) is 4.59. The van der Waals surface area contributed by atoms with Crippen molar-refractivity contribution in [2.45, 2.75) is 12.2 Å². The van der Waals surface area contributed by atoms with Gasteiger partial charge in [0.15, 0.2) is 0 Å². The van der Waals surface area contributed by atoms with Crippen LogP contribution < -0.4 is 10.1 Å². The molecule has 31 heavy (non-hydrogen) atoms. The molecule has 0 spiro atoms. The van der Waals surface area contributed by atoms with Crippen molar-refractivity contribution in [3.63, 3.8) is 0 Å². The molecular weight excluding hydrogens is 413 g/mol. The smallest absolute Gasteiger partial charge is 0.417 e. The number of nitrogens with zero attached hydrogens (tertiary/aromatic N) is 3. The molecule has 10 heteroatoms. The predicted molar refractivity (Wildman–Crippen MR) is 106 cm³/mol. The zero-order chi connectivity index (χ0) is 22.0. The number of alkyl halides is 3. The zero-order valence-electron chi connectivity index (χ0n) is 16.3. The largest absolute Gasteiger partial charge is 0.439 e. The van der Waals surface area contributed by atoms with Crippen molar-refractivity contribution >= 4 is 16.8 Å². The fourth-order valence-electron chi connectivity index (χ4n) is 3.35. The van der Waals surface area contributed by atoms with Crippen LogP contribution in [0.15, 0.2) is 48.7 Å². The molecule has 1 saturated heterocycles. The van der Waals surface area contributed by atoms with E-state index in [-0.39, 0.29) is 30.1 Å². The maximum Gasteiger partial charge on any atom is 0.417 e. The van der Waals surface area contributed by atoms with Crippen LogP contribution in [-0.2, 0) is 6.18 Å². The second-order valence-electron chi connectivity index (χ2n) is 7.08. The van der Waals surface area contributed by atoms with E-state index >= 15 is 0 Å². The summed E-state index contributed by atoms with van der Waals surface area (Å²) in [5, 5.41) is 13.3. The molecule has 2 N–H and O–H groups in total. The van der Waals surface area contributed by atoms with Gasteiger partial charge >= 0.3 is 6.18 Å². The van der Waals surface area contributed by atoms with Crippen molar-refractivity contribution in [2.24, 2.45) is 0 Å². The third-order valence-electron chi connectivity index (χ3n) is 4.99. The first-order valence-electron chi connectivity index (χ1n) is 9.59. The summed E-state index contributed by atoms with van der Waals surface area (Å²) in [5.74, 6) is 0.153. The molecule has 162 valence electrons. The number of amides is 1. The van der Waals surface area contributed by atoms with E-state index < -0.39 is 11.7 Å². The lowest BCUT2D eigenvalue weighted by Crippen LogP contribution is -2.55. The van der Waals surface area contributed by atoms with Crippen LogP contribution >= 0.6 is 0 Å². The molecule has 4 rings (SSSR count). The number of aliphatic hydroxyl groups is 1. The Hall–Kier alpha value is -3.24. The highest BCUT2D eigenvalue weighted by molar-refractivity contribution is 5.95. The lowest BCUT2D eigenvalue weighted by molar-refractivity contribution is -0.137. The molecule has 0 bridgehead atoms. The molecule has 0 saturated carbocycles. The Balaban J connectivity index is 1.52. The fraction of sp³-hybridized carbons (Fsp3) is 0.286. The summed E-state index contributed by atoms with van der Waals surface area (Å²) in [6, 6.07) is 10.00. The minimum Gasteiger partial charge on any atom is -0.439 e. The number of halogens is 3. The Morgan fingerprint density at radius 1 is 1.23 bits per heavy atom. The molecule has 1 aromatic carbocycles. The number of carbonyl (C=O) groups excluding carboxylic acids is 1. The highest BCUT2D eigenvalue weighted by Crippen LogP contribution is 2.30. The monoisotopic (exact) mass is 432 g/mol. The molecule has 3 aromatic rings. The van der Waals surface area contributed by atoms with Crippen LogP contribution in [0.25, 0.3) is 10.9 Å². The second kappa shape index (κ2) is 8.48. The summed E-state index contributed by atoms with van der Waals surface area (Å²) in [6.07, 6.45) is -3.75. The molecule has 1 aliphatic heterocycles. The summed E-state index contributed by atoms with van der Waals surface area (Å²) in [4.78, 5) is 22.5. The lowest BCUT2D eigenvalue weighted by Gasteiger charge is -2.34. The minimum absolute atomic E-state index is 0.0286. The Morgan fingerprint density at radius 2 is 2.06 bits per heavy atom. The van der Waals surface area contributed by atoms with Gasteiger partial charge in [0.1, 0.15) is 11.4 Å². The van der Waals surface area contributed by atoms with Crippen LogP contribution in [0.5, 0.6) is 11.6 Å². The van der Waals surface area contributed by atoms with Crippen LogP contribution in [0.3, 0.4) is 0 Å². The number of piperazine rings is 1. The van der Waals surface area contributed by atoms with Gasteiger partial charge in [0.25, 0.3) is 5.91 Å². The number of rotatable bonds is 4. The SMILES string of the molecule is O=C(c1ccc2cc(Oc3ccc(C(F)(F)F)cn3)ccc2n1)N1CCNC[C@H]1CO. The summed E-state index contributed by atoms with van der Waals surface area (Å²) in [6.45, 7) is 1.52. The molecule has 0 unspecified atom stereocenters. The van der Waals surface area contributed by atoms with E-state index in [1.54, 1.807) is 35.2 Å². The number of pyridine rings is 2. The standard InChI is InChI=1S/C21H19F3N4O3/c22-21(23,24)14-2-6-19(26-10-14)31-16-3-5-17-13(9-16)1-4-18(27-17)20(30)28-8-7-25-11-15(28)12-29/h1-6,9-10,15,25,29H,7-8,11-12H2/t15-/m0/s1. The van der Waals surface area contributed by atoms with Crippen molar-refractivity contribution < 1.29 is 27.8 Å². The molecule has 1 fully saturated rings. The van der Waals surface area contributed by atoms with Gasteiger partial charge in [-0.15, -0.1) is 0 Å². The fourth-order valence-corrected chi connectivity index (χ4v) is 3.35. The van der Waals surface area contributed by atoms with Gasteiger partial charge < -0.3 is 20.1 Å². The van der Waals surface area contributed by atoms with E-state index in [9.17, 15) is 23.1 Å². The number of hydrogen-bond acceptors (Lipinski definition) is 6. The molecule has 3 heterocycles. The number of hydrogen-bond donors (Lipinski definition) is 2. The number of ether oxygens (including phenoxy) is 1. The van der Waals surface area contributed by atoms with Gasteiger partial charge in [-0.2, -0.15) is 13.2 Å². The Labute approximate surface area is 175 Å². The highest BCUT2D eigenvalue weighted by atomic mass is 19.4. The van der Waals surface area contributed by atoms with E-state index in [1.807, 2.05) is 0 Å². The highest BCUT2D eigenvalue weighted by Gasteiger charge is 2.31. The van der Waals surface area contributed by atoms with E-state index in [1.165, 1.54) is 0 Å². The summed E-state index contributed by atoms with van der Waals surface area (Å²) in [5.41, 5.74) is -0.0205. The molecule has 1 atom stereocenters. The van der Waals surface area contributed by atoms with Gasteiger partial charge in [0.2, 0.25) is 5.88 Å². The van der Waals surface area contributed by atoms with Crippen LogP contribution in [-0.4, -0.2) is 58.2 Å². The second-order valence-corrected chi connectivity index (χ2v) is 7.08. The van der Waals surface area contributed by atoms with Gasteiger partial charge in [-0.1, -0.05) is 6.07 Å². The third-order valence-corrected chi connectivity index (χ3v) is 4.99. The van der Waals surface area contributed by atoms with Crippen molar-refractivity contribution in [3.05, 3.63) is 59.9 Å². The first-order chi connectivity index (χ1) is 14.8. The average Bonchev–Trinajstić information content (AvgIpc) is 2.78. The molecular formula is C21H19F3N4O3. The number of benzene rings is 1. The summed E-state index contributed by atoms with van der Waals surface area (Å²) >= 11 is 0. The minimum atomic E-state index is -4.46. The van der Waals surface area contributed by atoms with Crippen LogP contribution in [0.2, 0.25) is 0 Å². The number of aromatic nitrogens is 2. The molecule has 1 amide bonds. The maximum atomic E-state index is 12.8. The first-order valence-corrected chi connectivity index (χ1v) is 9.59. The van der Waals surface area contributed by atoms with Gasteiger partial charge in [0, 0.05) is 37.3 Å². The van der Waals surface area contributed by atoms with Gasteiger partial charge in [-0.3, -0.25) is 4.79 Å². The first kappa shape index (κ1) is 21.0. The molecule has 7 nitrogen and oxygen atoms in total. The topological polar surface area (TPSA) is 87.6 Å². The van der Waals surface area contributed by atoms with Gasteiger partial charge in [-0.05, 0) is 30.3 Å². The van der Waals surface area contributed by atoms with E-state index in [4.69, 9.17) is 4.74 Å². The lowest BCUT2D eigenvalue weighted by atomic mass is 10.1. The maximum absolute atomic E-state index is 12.8. The van der Waals surface area contributed by atoms with Gasteiger partial charge in [0.05, 0.1) is 23.7 Å². The summed E-state index contributed by atoms with van der Waals surface area (Å²) < 4.78 is 43.5. The molecule has 0 aliphatic carbocycles. The molecule has 0 radical (unpaired) electrons. The van der Waals surface area contributed by atoms with Crippen LogP contribution in [0.4, 0.5) is 13.2 Å². The molecule has 2 aromatic heterocycles. The van der Waals surface area contributed by atoms with Crippen molar-refractivity contribution in [1.29, 1.82) is 0 Å². The number of carbonyl (C=O) groups is 1. The predicted octanol–water partition coefficient (Wildman–Crippen LogP) is 2.85. The Bertz CT molecular complexity index is 1090. The van der Waals surface area contributed by atoms with Crippen molar-refractivity contribution in [1.82, 2.24) is 20.2 Å². The van der Waals surface area contributed by atoms with E-state index in [0.717, 1.165) is 12.1 Å².